The number of anilines is 2. The van der Waals surface area contributed by atoms with Gasteiger partial charge in [-0.1, -0.05) is 11.6 Å². The third-order valence-electron chi connectivity index (χ3n) is 2.76. The van der Waals surface area contributed by atoms with Gasteiger partial charge in [-0.3, -0.25) is 4.72 Å². The number of halogens is 1. The smallest absolute Gasteiger partial charge is 0.229 e. The predicted octanol–water partition coefficient (Wildman–Crippen LogP) is 3.35. The van der Waals surface area contributed by atoms with Crippen LogP contribution < -0.4 is 10.0 Å². The fourth-order valence-corrected chi connectivity index (χ4v) is 2.69. The van der Waals surface area contributed by atoms with Gasteiger partial charge in [0.2, 0.25) is 10.0 Å². The summed E-state index contributed by atoms with van der Waals surface area (Å²) < 4.78 is 30.2. The number of sulfonamides is 1. The third-order valence-corrected chi connectivity index (χ3v) is 3.70. The van der Waals surface area contributed by atoms with Crippen LogP contribution in [0.3, 0.4) is 0 Å². The van der Waals surface area contributed by atoms with Crippen LogP contribution in [0.15, 0.2) is 41.0 Å². The Bertz CT molecular complexity index is 699. The molecule has 0 saturated heterocycles. The minimum atomic E-state index is -3.31. The van der Waals surface area contributed by atoms with E-state index in [9.17, 15) is 8.42 Å². The fourth-order valence-electron chi connectivity index (χ4n) is 1.96. The Morgan fingerprint density at radius 2 is 2.10 bits per heavy atom. The molecular formula is C14H17ClN2O3S. The Labute approximate surface area is 129 Å². The van der Waals surface area contributed by atoms with Crippen molar-refractivity contribution >= 4 is 33.0 Å². The molecule has 1 heterocycles. The van der Waals surface area contributed by atoms with Crippen molar-refractivity contribution in [1.82, 2.24) is 0 Å². The monoisotopic (exact) mass is 328 g/mol. The molecule has 0 saturated carbocycles. The number of benzene rings is 1. The molecule has 1 atom stereocenters. The molecule has 0 bridgehead atoms. The molecule has 2 aromatic rings. The Kier molecular flexibility index (Phi) is 4.80. The number of hydrogen-bond donors (Lipinski definition) is 2. The van der Waals surface area contributed by atoms with Gasteiger partial charge in [-0.2, -0.15) is 0 Å². The molecule has 0 aliphatic rings. The molecule has 5 nitrogen and oxygen atoms in total. The third kappa shape index (κ3) is 4.99. The first-order valence-corrected chi connectivity index (χ1v) is 8.67. The van der Waals surface area contributed by atoms with Crippen molar-refractivity contribution in [2.45, 2.75) is 19.4 Å². The van der Waals surface area contributed by atoms with Gasteiger partial charge in [-0.15, -0.1) is 0 Å². The van der Waals surface area contributed by atoms with Gasteiger partial charge in [0, 0.05) is 12.5 Å². The lowest BCUT2D eigenvalue weighted by Crippen LogP contribution is -2.18. The van der Waals surface area contributed by atoms with E-state index in [0.29, 0.717) is 22.8 Å². The first-order valence-electron chi connectivity index (χ1n) is 6.40. The van der Waals surface area contributed by atoms with Crippen LogP contribution in [0.5, 0.6) is 0 Å². The first-order chi connectivity index (χ1) is 9.83. The maximum Gasteiger partial charge on any atom is 0.229 e. The molecule has 1 aromatic carbocycles. The van der Waals surface area contributed by atoms with E-state index in [1.165, 1.54) is 0 Å². The van der Waals surface area contributed by atoms with Crippen LogP contribution in [0.1, 0.15) is 12.7 Å². The zero-order valence-electron chi connectivity index (χ0n) is 11.8. The summed E-state index contributed by atoms with van der Waals surface area (Å²) in [4.78, 5) is 0. The molecule has 1 unspecified atom stereocenters. The van der Waals surface area contributed by atoms with Gasteiger partial charge >= 0.3 is 0 Å². The van der Waals surface area contributed by atoms with E-state index < -0.39 is 10.0 Å². The highest BCUT2D eigenvalue weighted by Gasteiger charge is 2.10. The molecule has 0 spiro atoms. The average molecular weight is 329 g/mol. The standard InChI is InChI=1S/C14H17ClN2O3S/c1-10(8-12-4-3-7-20-12)16-14-9-11(5-6-13(14)15)17-21(2,18)19/h3-7,9-10,16-17H,8H2,1-2H3. The van der Waals surface area contributed by atoms with E-state index in [1.54, 1.807) is 24.5 Å². The highest BCUT2D eigenvalue weighted by Crippen LogP contribution is 2.27. The zero-order valence-corrected chi connectivity index (χ0v) is 13.3. The lowest BCUT2D eigenvalue weighted by molar-refractivity contribution is 0.498. The highest BCUT2D eigenvalue weighted by atomic mass is 35.5. The molecule has 0 aliphatic heterocycles. The molecule has 0 radical (unpaired) electrons. The van der Waals surface area contributed by atoms with Crippen LogP contribution in [-0.4, -0.2) is 20.7 Å². The quantitative estimate of drug-likeness (QED) is 0.853. The zero-order chi connectivity index (χ0) is 15.5. The average Bonchev–Trinajstić information content (AvgIpc) is 2.84. The molecule has 21 heavy (non-hydrogen) atoms. The van der Waals surface area contributed by atoms with E-state index in [-0.39, 0.29) is 6.04 Å². The van der Waals surface area contributed by atoms with Crippen molar-refractivity contribution in [3.05, 3.63) is 47.4 Å². The minimum Gasteiger partial charge on any atom is -0.469 e. The number of furan rings is 1. The van der Waals surface area contributed by atoms with Crippen LogP contribution >= 0.6 is 11.6 Å². The van der Waals surface area contributed by atoms with Gasteiger partial charge in [0.1, 0.15) is 5.76 Å². The Morgan fingerprint density at radius 1 is 1.33 bits per heavy atom. The molecule has 114 valence electrons. The highest BCUT2D eigenvalue weighted by molar-refractivity contribution is 7.92. The summed E-state index contributed by atoms with van der Waals surface area (Å²) in [5, 5.41) is 3.78. The van der Waals surface area contributed by atoms with Gasteiger partial charge in [-0.05, 0) is 37.3 Å². The van der Waals surface area contributed by atoms with E-state index in [2.05, 4.69) is 10.0 Å². The van der Waals surface area contributed by atoms with E-state index >= 15 is 0 Å². The second kappa shape index (κ2) is 6.41. The van der Waals surface area contributed by atoms with Crippen LogP contribution in [-0.2, 0) is 16.4 Å². The predicted molar refractivity (Wildman–Crippen MR) is 85.4 cm³/mol. The Hall–Kier alpha value is -1.66. The van der Waals surface area contributed by atoms with Crippen LogP contribution in [0.2, 0.25) is 5.02 Å². The normalized spacial score (nSPS) is 12.9. The van der Waals surface area contributed by atoms with E-state index in [0.717, 1.165) is 12.0 Å². The summed E-state index contributed by atoms with van der Waals surface area (Å²) in [6, 6.07) is 8.76. The second-order valence-electron chi connectivity index (χ2n) is 4.90. The summed E-state index contributed by atoms with van der Waals surface area (Å²) in [6.45, 7) is 2.00. The number of nitrogens with one attached hydrogen (secondary N) is 2. The molecule has 2 rings (SSSR count). The molecular weight excluding hydrogens is 312 g/mol. The molecule has 0 fully saturated rings. The van der Waals surface area contributed by atoms with Crippen molar-refractivity contribution < 1.29 is 12.8 Å². The summed E-state index contributed by atoms with van der Waals surface area (Å²) >= 11 is 6.13. The largest absolute Gasteiger partial charge is 0.469 e. The minimum absolute atomic E-state index is 0.0853. The summed E-state index contributed by atoms with van der Waals surface area (Å²) in [5.74, 6) is 0.872. The van der Waals surface area contributed by atoms with Gasteiger partial charge in [-0.25, -0.2) is 8.42 Å². The van der Waals surface area contributed by atoms with Gasteiger partial charge in [0.05, 0.1) is 28.9 Å². The molecule has 7 heteroatoms. The number of rotatable bonds is 6. The lowest BCUT2D eigenvalue weighted by Gasteiger charge is -2.16. The maximum atomic E-state index is 11.3. The lowest BCUT2D eigenvalue weighted by atomic mass is 10.2. The van der Waals surface area contributed by atoms with E-state index in [1.807, 2.05) is 19.1 Å². The van der Waals surface area contributed by atoms with Crippen LogP contribution in [0.25, 0.3) is 0 Å². The summed E-state index contributed by atoms with van der Waals surface area (Å²) in [6.07, 6.45) is 3.44. The number of hydrogen-bond acceptors (Lipinski definition) is 4. The van der Waals surface area contributed by atoms with Crippen molar-refractivity contribution in [2.75, 3.05) is 16.3 Å². The van der Waals surface area contributed by atoms with Crippen LogP contribution in [0.4, 0.5) is 11.4 Å². The molecule has 1 aromatic heterocycles. The second-order valence-corrected chi connectivity index (χ2v) is 7.05. The summed E-state index contributed by atoms with van der Waals surface area (Å²) in [7, 11) is -3.31. The van der Waals surface area contributed by atoms with Crippen molar-refractivity contribution in [3.8, 4) is 0 Å². The van der Waals surface area contributed by atoms with Crippen molar-refractivity contribution in [1.29, 1.82) is 0 Å². The van der Waals surface area contributed by atoms with Gasteiger partial charge < -0.3 is 9.73 Å². The van der Waals surface area contributed by atoms with Crippen molar-refractivity contribution in [2.24, 2.45) is 0 Å². The molecule has 0 amide bonds. The fraction of sp³-hybridized carbons (Fsp3) is 0.286. The van der Waals surface area contributed by atoms with Crippen molar-refractivity contribution in [3.63, 3.8) is 0 Å². The topological polar surface area (TPSA) is 71.3 Å². The SMILES string of the molecule is CC(Cc1ccco1)Nc1cc(NS(C)(=O)=O)ccc1Cl. The van der Waals surface area contributed by atoms with Gasteiger partial charge in [0.15, 0.2) is 0 Å². The van der Waals surface area contributed by atoms with Gasteiger partial charge in [0.25, 0.3) is 0 Å². The Morgan fingerprint density at radius 3 is 2.71 bits per heavy atom. The Balaban J connectivity index is 2.09. The maximum absolute atomic E-state index is 11.3. The summed E-state index contributed by atoms with van der Waals surface area (Å²) in [5.41, 5.74) is 1.14. The van der Waals surface area contributed by atoms with Crippen LogP contribution in [0, 0.1) is 0 Å². The van der Waals surface area contributed by atoms with E-state index in [4.69, 9.17) is 16.0 Å². The molecule has 2 N–H and O–H groups in total. The first kappa shape index (κ1) is 15.7. The molecule has 0 aliphatic carbocycles.